The zero-order chi connectivity index (χ0) is 16.7. The molecule has 0 aliphatic carbocycles. The van der Waals surface area contributed by atoms with Crippen LogP contribution in [-0.4, -0.2) is 26.2 Å². The van der Waals surface area contributed by atoms with Gasteiger partial charge in [0, 0.05) is 18.7 Å². The van der Waals surface area contributed by atoms with E-state index in [4.69, 9.17) is 9.47 Å². The number of rotatable bonds is 7. The average molecular weight is 321 g/mol. The number of hydrogen-bond acceptors (Lipinski definition) is 3. The fourth-order valence-corrected chi connectivity index (χ4v) is 1.94. The van der Waals surface area contributed by atoms with Crippen LogP contribution in [0.3, 0.4) is 0 Å². The van der Waals surface area contributed by atoms with E-state index >= 15 is 0 Å². The molecule has 0 fully saturated rings. The Bertz CT molecular complexity index is 659. The third-order valence-corrected chi connectivity index (χ3v) is 3.07. The second-order valence-corrected chi connectivity index (χ2v) is 4.81. The molecule has 2 aromatic rings. The van der Waals surface area contributed by atoms with Crippen molar-refractivity contribution >= 4 is 5.91 Å². The molecule has 1 amide bonds. The molecule has 0 bridgehead atoms. The van der Waals surface area contributed by atoms with Crippen molar-refractivity contribution in [1.82, 2.24) is 5.32 Å². The molecule has 2 aromatic carbocycles. The summed E-state index contributed by atoms with van der Waals surface area (Å²) in [6, 6.07) is 10.1. The summed E-state index contributed by atoms with van der Waals surface area (Å²) >= 11 is 0. The van der Waals surface area contributed by atoms with E-state index in [1.54, 1.807) is 19.2 Å². The van der Waals surface area contributed by atoms with Gasteiger partial charge in [0.25, 0.3) is 5.91 Å². The first-order valence-electron chi connectivity index (χ1n) is 7.04. The maximum absolute atomic E-state index is 13.3. The number of amides is 1. The molecule has 122 valence electrons. The molecule has 2 rings (SSSR count). The van der Waals surface area contributed by atoms with Crippen molar-refractivity contribution in [1.29, 1.82) is 0 Å². The van der Waals surface area contributed by atoms with E-state index in [1.807, 2.05) is 12.1 Å². The van der Waals surface area contributed by atoms with Gasteiger partial charge in [-0.05, 0) is 29.8 Å². The van der Waals surface area contributed by atoms with Crippen molar-refractivity contribution < 1.29 is 23.0 Å². The van der Waals surface area contributed by atoms with Gasteiger partial charge in [-0.1, -0.05) is 12.1 Å². The SMILES string of the molecule is COCc1ccc(C(=O)NCCOc2ccc(F)cc2F)cc1. The van der Waals surface area contributed by atoms with Crippen LogP contribution in [0.2, 0.25) is 0 Å². The van der Waals surface area contributed by atoms with Crippen LogP contribution in [0.1, 0.15) is 15.9 Å². The summed E-state index contributed by atoms with van der Waals surface area (Å²) < 4.78 is 36.2. The summed E-state index contributed by atoms with van der Waals surface area (Å²) in [6.45, 7) is 0.768. The highest BCUT2D eigenvalue weighted by atomic mass is 19.1. The Labute approximate surface area is 133 Å². The first kappa shape index (κ1) is 16.9. The summed E-state index contributed by atoms with van der Waals surface area (Å²) in [6.07, 6.45) is 0. The van der Waals surface area contributed by atoms with E-state index < -0.39 is 11.6 Å². The quantitative estimate of drug-likeness (QED) is 0.798. The van der Waals surface area contributed by atoms with Crippen LogP contribution < -0.4 is 10.1 Å². The predicted molar refractivity (Wildman–Crippen MR) is 81.3 cm³/mol. The fraction of sp³-hybridized carbons (Fsp3) is 0.235. The smallest absolute Gasteiger partial charge is 0.251 e. The van der Waals surface area contributed by atoms with Crippen LogP contribution in [0.25, 0.3) is 0 Å². The monoisotopic (exact) mass is 321 g/mol. The molecule has 0 heterocycles. The lowest BCUT2D eigenvalue weighted by Gasteiger charge is -2.09. The van der Waals surface area contributed by atoms with Gasteiger partial charge in [0.15, 0.2) is 11.6 Å². The molecule has 0 aliphatic heterocycles. The minimum Gasteiger partial charge on any atom is -0.489 e. The molecule has 6 heteroatoms. The zero-order valence-electron chi connectivity index (χ0n) is 12.6. The highest BCUT2D eigenvalue weighted by Crippen LogP contribution is 2.17. The van der Waals surface area contributed by atoms with Crippen molar-refractivity contribution in [2.45, 2.75) is 6.61 Å². The molecule has 0 saturated carbocycles. The minimum absolute atomic E-state index is 0.0513. The van der Waals surface area contributed by atoms with Gasteiger partial charge in [-0.25, -0.2) is 8.78 Å². The maximum atomic E-state index is 13.3. The van der Waals surface area contributed by atoms with E-state index in [-0.39, 0.29) is 24.8 Å². The molecule has 0 aliphatic rings. The number of carbonyl (C=O) groups is 1. The highest BCUT2D eigenvalue weighted by Gasteiger charge is 2.07. The summed E-state index contributed by atoms with van der Waals surface area (Å²) in [5, 5.41) is 2.66. The Morgan fingerprint density at radius 1 is 1.13 bits per heavy atom. The lowest BCUT2D eigenvalue weighted by atomic mass is 10.1. The molecule has 23 heavy (non-hydrogen) atoms. The van der Waals surface area contributed by atoms with Gasteiger partial charge in [-0.2, -0.15) is 0 Å². The summed E-state index contributed by atoms with van der Waals surface area (Å²) in [4.78, 5) is 11.9. The van der Waals surface area contributed by atoms with Crippen molar-refractivity contribution in [2.24, 2.45) is 0 Å². The number of carbonyl (C=O) groups excluding carboxylic acids is 1. The lowest BCUT2D eigenvalue weighted by Crippen LogP contribution is -2.28. The van der Waals surface area contributed by atoms with Gasteiger partial charge in [-0.15, -0.1) is 0 Å². The summed E-state index contributed by atoms with van der Waals surface area (Å²) in [5.74, 6) is -1.74. The maximum Gasteiger partial charge on any atom is 0.251 e. The largest absolute Gasteiger partial charge is 0.489 e. The van der Waals surface area contributed by atoms with Crippen LogP contribution in [0, 0.1) is 11.6 Å². The van der Waals surface area contributed by atoms with Crippen molar-refractivity contribution in [3.8, 4) is 5.75 Å². The van der Waals surface area contributed by atoms with E-state index in [2.05, 4.69) is 5.32 Å². The number of ether oxygens (including phenoxy) is 2. The number of halogens is 2. The third kappa shape index (κ3) is 5.03. The van der Waals surface area contributed by atoms with Crippen LogP contribution in [0.5, 0.6) is 5.75 Å². The highest BCUT2D eigenvalue weighted by molar-refractivity contribution is 5.94. The molecular formula is C17H17F2NO3. The Hall–Kier alpha value is -2.47. The molecule has 0 unspecified atom stereocenters. The van der Waals surface area contributed by atoms with Gasteiger partial charge in [-0.3, -0.25) is 4.79 Å². The normalized spacial score (nSPS) is 10.4. The van der Waals surface area contributed by atoms with Gasteiger partial charge >= 0.3 is 0 Å². The summed E-state index contributed by atoms with van der Waals surface area (Å²) in [7, 11) is 1.60. The first-order chi connectivity index (χ1) is 11.1. The molecule has 0 atom stereocenters. The van der Waals surface area contributed by atoms with Gasteiger partial charge in [0.1, 0.15) is 12.4 Å². The van der Waals surface area contributed by atoms with Crippen LogP contribution >= 0.6 is 0 Å². The molecule has 0 saturated heterocycles. The predicted octanol–water partition coefficient (Wildman–Crippen LogP) is 2.92. The van der Waals surface area contributed by atoms with Gasteiger partial charge < -0.3 is 14.8 Å². The minimum atomic E-state index is -0.773. The van der Waals surface area contributed by atoms with Crippen molar-refractivity contribution in [3.05, 3.63) is 65.2 Å². The number of methoxy groups -OCH3 is 1. The second-order valence-electron chi connectivity index (χ2n) is 4.81. The van der Waals surface area contributed by atoms with Gasteiger partial charge in [0.2, 0.25) is 0 Å². The van der Waals surface area contributed by atoms with Crippen molar-refractivity contribution in [3.63, 3.8) is 0 Å². The number of benzene rings is 2. The second kappa shape index (κ2) is 8.24. The van der Waals surface area contributed by atoms with E-state index in [0.29, 0.717) is 12.2 Å². The standard InChI is InChI=1S/C17H17F2NO3/c1-22-11-12-2-4-13(5-3-12)17(21)20-8-9-23-16-7-6-14(18)10-15(16)19/h2-7,10H,8-9,11H2,1H3,(H,20,21). The number of hydrogen-bond donors (Lipinski definition) is 1. The van der Waals surface area contributed by atoms with Crippen molar-refractivity contribution in [2.75, 3.05) is 20.3 Å². The van der Waals surface area contributed by atoms with Crippen LogP contribution in [0.15, 0.2) is 42.5 Å². The molecule has 0 aromatic heterocycles. The average Bonchev–Trinajstić information content (AvgIpc) is 2.54. The van der Waals surface area contributed by atoms with Crippen LogP contribution in [-0.2, 0) is 11.3 Å². The Morgan fingerprint density at radius 3 is 2.52 bits per heavy atom. The first-order valence-corrected chi connectivity index (χ1v) is 7.04. The molecule has 0 radical (unpaired) electrons. The fourth-order valence-electron chi connectivity index (χ4n) is 1.94. The molecule has 1 N–H and O–H groups in total. The van der Waals surface area contributed by atoms with E-state index in [1.165, 1.54) is 6.07 Å². The lowest BCUT2D eigenvalue weighted by molar-refractivity contribution is 0.0946. The van der Waals surface area contributed by atoms with E-state index in [9.17, 15) is 13.6 Å². The third-order valence-electron chi connectivity index (χ3n) is 3.07. The number of nitrogens with one attached hydrogen (secondary N) is 1. The Kier molecular flexibility index (Phi) is 6.05. The summed E-state index contributed by atoms with van der Waals surface area (Å²) in [5.41, 5.74) is 1.48. The van der Waals surface area contributed by atoms with E-state index in [0.717, 1.165) is 17.7 Å². The molecule has 0 spiro atoms. The van der Waals surface area contributed by atoms with Gasteiger partial charge in [0.05, 0.1) is 13.2 Å². The van der Waals surface area contributed by atoms with Crippen LogP contribution in [0.4, 0.5) is 8.78 Å². The topological polar surface area (TPSA) is 47.6 Å². The molecule has 4 nitrogen and oxygen atoms in total. The zero-order valence-corrected chi connectivity index (χ0v) is 12.6. The molecular weight excluding hydrogens is 304 g/mol. The Morgan fingerprint density at radius 2 is 1.87 bits per heavy atom. The Balaban J connectivity index is 1.78.